The van der Waals surface area contributed by atoms with Gasteiger partial charge in [-0.05, 0) is 42.5 Å². The van der Waals surface area contributed by atoms with Gasteiger partial charge in [-0.25, -0.2) is 4.98 Å². The number of para-hydroxylation sites is 1. The van der Waals surface area contributed by atoms with Crippen LogP contribution in [0.2, 0.25) is 10.0 Å². The summed E-state index contributed by atoms with van der Waals surface area (Å²) in [7, 11) is 1.55. The summed E-state index contributed by atoms with van der Waals surface area (Å²) in [5.41, 5.74) is 1.95. The second-order valence-corrected chi connectivity index (χ2v) is 7.17. The molecule has 0 aliphatic rings. The van der Waals surface area contributed by atoms with Crippen LogP contribution in [-0.4, -0.2) is 17.1 Å². The number of halogens is 2. The van der Waals surface area contributed by atoms with E-state index >= 15 is 0 Å². The van der Waals surface area contributed by atoms with Gasteiger partial charge in [0, 0.05) is 21.2 Å². The number of aromatic amines is 1. The van der Waals surface area contributed by atoms with Crippen LogP contribution in [0.25, 0.3) is 22.3 Å². The first kappa shape index (κ1) is 19.3. The second-order valence-electron chi connectivity index (χ2n) is 6.32. The van der Waals surface area contributed by atoms with E-state index in [0.717, 1.165) is 5.56 Å². The second kappa shape index (κ2) is 8.15. The molecule has 29 heavy (non-hydrogen) atoms. The Kier molecular flexibility index (Phi) is 5.43. The quantitative estimate of drug-likeness (QED) is 0.458. The minimum absolute atomic E-state index is 0.192. The van der Waals surface area contributed by atoms with E-state index in [4.69, 9.17) is 32.7 Å². The number of methoxy groups -OCH3 is 1. The molecule has 0 saturated heterocycles. The Bertz CT molecular complexity index is 1250. The standard InChI is InChI=1S/C22H16Cl2N2O3/c1-28-20-10-13(21-25-18-5-3-2-4-16(18)22(27)26-21)7-9-19(20)29-12-14-6-8-15(23)11-17(14)24/h2-11H,12H2,1H3,(H,25,26,27). The Hall–Kier alpha value is -3.02. The fourth-order valence-electron chi connectivity index (χ4n) is 2.95. The minimum Gasteiger partial charge on any atom is -0.493 e. The fourth-order valence-corrected chi connectivity index (χ4v) is 3.41. The molecule has 0 bridgehead atoms. The number of rotatable bonds is 5. The monoisotopic (exact) mass is 426 g/mol. The SMILES string of the molecule is COc1cc(-c2nc3ccccc3c(=O)[nH]2)ccc1OCc1ccc(Cl)cc1Cl. The molecule has 0 spiro atoms. The lowest BCUT2D eigenvalue weighted by molar-refractivity contribution is 0.284. The number of H-pyrrole nitrogens is 1. The van der Waals surface area contributed by atoms with Gasteiger partial charge in [-0.3, -0.25) is 4.79 Å². The molecule has 3 aromatic carbocycles. The number of hydrogen-bond donors (Lipinski definition) is 1. The van der Waals surface area contributed by atoms with Gasteiger partial charge in [0.15, 0.2) is 11.5 Å². The van der Waals surface area contributed by atoms with E-state index in [-0.39, 0.29) is 12.2 Å². The van der Waals surface area contributed by atoms with E-state index in [1.165, 1.54) is 0 Å². The first-order chi connectivity index (χ1) is 14.0. The van der Waals surface area contributed by atoms with Crippen molar-refractivity contribution in [3.8, 4) is 22.9 Å². The summed E-state index contributed by atoms with van der Waals surface area (Å²) >= 11 is 12.1. The van der Waals surface area contributed by atoms with Gasteiger partial charge in [-0.1, -0.05) is 41.4 Å². The molecule has 0 fully saturated rings. The van der Waals surface area contributed by atoms with Crippen LogP contribution in [0.15, 0.2) is 65.5 Å². The van der Waals surface area contributed by atoms with E-state index < -0.39 is 0 Å². The van der Waals surface area contributed by atoms with Crippen molar-refractivity contribution in [3.63, 3.8) is 0 Å². The maximum atomic E-state index is 12.3. The largest absolute Gasteiger partial charge is 0.493 e. The highest BCUT2D eigenvalue weighted by atomic mass is 35.5. The van der Waals surface area contributed by atoms with Gasteiger partial charge in [-0.15, -0.1) is 0 Å². The lowest BCUT2D eigenvalue weighted by Crippen LogP contribution is -2.09. The Morgan fingerprint density at radius 1 is 1.00 bits per heavy atom. The van der Waals surface area contributed by atoms with E-state index in [9.17, 15) is 4.79 Å². The van der Waals surface area contributed by atoms with Gasteiger partial charge < -0.3 is 14.5 Å². The fraction of sp³-hybridized carbons (Fsp3) is 0.0909. The van der Waals surface area contributed by atoms with Crippen LogP contribution >= 0.6 is 23.2 Å². The average molecular weight is 427 g/mol. The molecule has 5 nitrogen and oxygen atoms in total. The van der Waals surface area contributed by atoms with Gasteiger partial charge >= 0.3 is 0 Å². The van der Waals surface area contributed by atoms with Gasteiger partial charge in [0.05, 0.1) is 18.0 Å². The molecule has 0 atom stereocenters. The average Bonchev–Trinajstić information content (AvgIpc) is 2.73. The van der Waals surface area contributed by atoms with Crippen LogP contribution in [0.4, 0.5) is 0 Å². The zero-order valence-corrected chi connectivity index (χ0v) is 16.9. The molecule has 1 heterocycles. The van der Waals surface area contributed by atoms with Crippen LogP contribution < -0.4 is 15.0 Å². The molecular weight excluding hydrogens is 411 g/mol. The summed E-state index contributed by atoms with van der Waals surface area (Å²) in [4.78, 5) is 19.7. The molecule has 0 saturated carbocycles. The van der Waals surface area contributed by atoms with Crippen molar-refractivity contribution >= 4 is 34.1 Å². The third-order valence-corrected chi connectivity index (χ3v) is 5.04. The summed E-state index contributed by atoms with van der Waals surface area (Å²) in [5.74, 6) is 1.52. The maximum Gasteiger partial charge on any atom is 0.259 e. The summed E-state index contributed by atoms with van der Waals surface area (Å²) in [6.07, 6.45) is 0. The Balaban J connectivity index is 1.64. The predicted octanol–water partition coefficient (Wildman–Crippen LogP) is 5.48. The normalized spacial score (nSPS) is 10.9. The minimum atomic E-state index is -0.192. The Morgan fingerprint density at radius 2 is 1.83 bits per heavy atom. The molecular formula is C22H16Cl2N2O3. The molecule has 1 aromatic heterocycles. The number of hydrogen-bond acceptors (Lipinski definition) is 4. The number of fused-ring (bicyclic) bond motifs is 1. The molecule has 0 radical (unpaired) electrons. The number of aromatic nitrogens is 2. The van der Waals surface area contributed by atoms with Gasteiger partial charge in [0.1, 0.15) is 12.4 Å². The van der Waals surface area contributed by atoms with Crippen LogP contribution in [0, 0.1) is 0 Å². The van der Waals surface area contributed by atoms with Gasteiger partial charge in [0.2, 0.25) is 0 Å². The predicted molar refractivity (Wildman–Crippen MR) is 115 cm³/mol. The number of ether oxygens (including phenoxy) is 2. The summed E-state index contributed by atoms with van der Waals surface area (Å²) in [6, 6.07) is 17.8. The van der Waals surface area contributed by atoms with Crippen molar-refractivity contribution in [2.45, 2.75) is 6.61 Å². The highest BCUT2D eigenvalue weighted by Crippen LogP contribution is 2.32. The zero-order chi connectivity index (χ0) is 20.4. The highest BCUT2D eigenvalue weighted by molar-refractivity contribution is 6.35. The molecule has 1 N–H and O–H groups in total. The maximum absolute atomic E-state index is 12.3. The molecule has 146 valence electrons. The van der Waals surface area contributed by atoms with Gasteiger partial charge in [-0.2, -0.15) is 0 Å². The summed E-state index contributed by atoms with van der Waals surface area (Å²) in [6.45, 7) is 0.261. The van der Waals surface area contributed by atoms with Crippen molar-refractivity contribution in [2.75, 3.05) is 7.11 Å². The molecule has 0 aliphatic carbocycles. The number of nitrogens with one attached hydrogen (secondary N) is 1. The van der Waals surface area contributed by atoms with Crippen molar-refractivity contribution in [3.05, 3.63) is 86.6 Å². The van der Waals surface area contributed by atoms with Crippen LogP contribution in [0.1, 0.15) is 5.56 Å². The van der Waals surface area contributed by atoms with E-state index in [0.29, 0.717) is 43.8 Å². The first-order valence-corrected chi connectivity index (χ1v) is 9.55. The lowest BCUT2D eigenvalue weighted by Gasteiger charge is -2.13. The molecule has 0 unspecified atom stereocenters. The molecule has 0 aliphatic heterocycles. The van der Waals surface area contributed by atoms with Crippen molar-refractivity contribution in [1.82, 2.24) is 9.97 Å². The van der Waals surface area contributed by atoms with Crippen molar-refractivity contribution in [1.29, 1.82) is 0 Å². The Morgan fingerprint density at radius 3 is 2.62 bits per heavy atom. The number of nitrogens with zero attached hydrogens (tertiary/aromatic N) is 1. The van der Waals surface area contributed by atoms with Crippen LogP contribution in [0.3, 0.4) is 0 Å². The smallest absolute Gasteiger partial charge is 0.259 e. The zero-order valence-electron chi connectivity index (χ0n) is 15.4. The highest BCUT2D eigenvalue weighted by Gasteiger charge is 2.11. The van der Waals surface area contributed by atoms with E-state index in [1.54, 1.807) is 49.6 Å². The van der Waals surface area contributed by atoms with Gasteiger partial charge in [0.25, 0.3) is 5.56 Å². The van der Waals surface area contributed by atoms with E-state index in [1.807, 2.05) is 18.2 Å². The van der Waals surface area contributed by atoms with Crippen molar-refractivity contribution < 1.29 is 9.47 Å². The molecule has 4 aromatic rings. The van der Waals surface area contributed by atoms with E-state index in [2.05, 4.69) is 9.97 Å². The van der Waals surface area contributed by atoms with Crippen LogP contribution in [0.5, 0.6) is 11.5 Å². The Labute approximate surface area is 176 Å². The van der Waals surface area contributed by atoms with Crippen LogP contribution in [-0.2, 0) is 6.61 Å². The first-order valence-electron chi connectivity index (χ1n) is 8.79. The molecule has 4 rings (SSSR count). The number of benzene rings is 3. The van der Waals surface area contributed by atoms with Crippen molar-refractivity contribution in [2.24, 2.45) is 0 Å². The summed E-state index contributed by atoms with van der Waals surface area (Å²) < 4.78 is 11.3. The third-order valence-electron chi connectivity index (χ3n) is 4.45. The topological polar surface area (TPSA) is 64.2 Å². The molecule has 0 amide bonds. The third kappa shape index (κ3) is 4.06. The summed E-state index contributed by atoms with van der Waals surface area (Å²) in [5, 5.41) is 1.64. The lowest BCUT2D eigenvalue weighted by atomic mass is 10.1. The molecule has 7 heteroatoms.